The second kappa shape index (κ2) is 7.54. The summed E-state index contributed by atoms with van der Waals surface area (Å²) in [6, 6.07) is 4.30. The molecule has 114 valence electrons. The van der Waals surface area contributed by atoms with Crippen LogP contribution in [0.25, 0.3) is 0 Å². The lowest BCUT2D eigenvalue weighted by Crippen LogP contribution is -2.38. The van der Waals surface area contributed by atoms with Crippen LogP contribution in [0.4, 0.5) is 4.39 Å². The van der Waals surface area contributed by atoms with Crippen LogP contribution < -0.4 is 10.6 Å². The molecule has 1 aliphatic carbocycles. The van der Waals surface area contributed by atoms with Crippen molar-refractivity contribution in [1.82, 2.24) is 10.6 Å². The highest BCUT2D eigenvalue weighted by atomic mass is 79.9. The summed E-state index contributed by atoms with van der Waals surface area (Å²) in [6.45, 7) is 0.179. The lowest BCUT2D eigenvalue weighted by molar-refractivity contribution is -0.128. The van der Waals surface area contributed by atoms with E-state index in [0.717, 1.165) is 30.2 Å². The number of carbonyl (C=O) groups is 2. The smallest absolute Gasteiger partial charge is 0.239 e. The summed E-state index contributed by atoms with van der Waals surface area (Å²) >= 11 is 3.30. The second-order valence-corrected chi connectivity index (χ2v) is 6.07. The van der Waals surface area contributed by atoms with Gasteiger partial charge in [-0.3, -0.25) is 9.59 Å². The van der Waals surface area contributed by atoms with Gasteiger partial charge in [0.05, 0.1) is 6.54 Å². The van der Waals surface area contributed by atoms with Gasteiger partial charge in [0.15, 0.2) is 0 Å². The van der Waals surface area contributed by atoms with E-state index in [-0.39, 0.29) is 36.6 Å². The molecule has 2 amide bonds. The number of hydrogen-bond acceptors (Lipinski definition) is 2. The fourth-order valence-corrected chi connectivity index (χ4v) is 2.82. The Labute approximate surface area is 131 Å². The van der Waals surface area contributed by atoms with E-state index in [4.69, 9.17) is 0 Å². The molecule has 0 atom stereocenters. The number of carbonyl (C=O) groups excluding carboxylic acids is 2. The van der Waals surface area contributed by atoms with Crippen LogP contribution in [0.5, 0.6) is 0 Å². The molecule has 0 bridgehead atoms. The summed E-state index contributed by atoms with van der Waals surface area (Å²) in [5.74, 6) is -0.626. The highest BCUT2D eigenvalue weighted by Crippen LogP contribution is 2.24. The molecule has 0 aromatic heterocycles. The first-order valence-electron chi connectivity index (χ1n) is 7.04. The zero-order chi connectivity index (χ0) is 15.2. The van der Waals surface area contributed by atoms with Gasteiger partial charge in [-0.05, 0) is 36.6 Å². The summed E-state index contributed by atoms with van der Waals surface area (Å²) in [5, 5.41) is 5.31. The molecule has 0 heterocycles. The largest absolute Gasteiger partial charge is 0.350 e. The Morgan fingerprint density at radius 2 is 1.95 bits per heavy atom. The highest BCUT2D eigenvalue weighted by molar-refractivity contribution is 9.10. The first-order chi connectivity index (χ1) is 10.1. The zero-order valence-corrected chi connectivity index (χ0v) is 13.2. The second-order valence-electron chi connectivity index (χ2n) is 5.21. The molecule has 1 aliphatic rings. The molecule has 2 N–H and O–H groups in total. The Balaban J connectivity index is 1.74. The molecule has 0 saturated heterocycles. The molecule has 21 heavy (non-hydrogen) atoms. The number of amides is 2. The van der Waals surface area contributed by atoms with E-state index in [9.17, 15) is 14.0 Å². The minimum absolute atomic E-state index is 0.0394. The van der Waals surface area contributed by atoms with Gasteiger partial charge < -0.3 is 10.6 Å². The maximum Gasteiger partial charge on any atom is 0.239 e. The van der Waals surface area contributed by atoms with Crippen LogP contribution in [0.2, 0.25) is 0 Å². The summed E-state index contributed by atoms with van der Waals surface area (Å²) < 4.78 is 13.8. The van der Waals surface area contributed by atoms with Gasteiger partial charge >= 0.3 is 0 Å². The highest BCUT2D eigenvalue weighted by Gasteiger charge is 2.22. The molecule has 0 unspecified atom stereocenters. The molecule has 2 rings (SSSR count). The van der Waals surface area contributed by atoms with Gasteiger partial charge in [0.1, 0.15) is 5.82 Å². The minimum atomic E-state index is -0.350. The average molecular weight is 357 g/mol. The number of rotatable bonds is 5. The standard InChI is InChI=1S/C15H18BrFN2O2/c16-13-6-5-12(17)7-11(13)8-18-14(20)9-19-15(21)10-3-1-2-4-10/h5-7,10H,1-4,8-9H2,(H,18,20)(H,19,21). The van der Waals surface area contributed by atoms with Crippen molar-refractivity contribution in [3.63, 3.8) is 0 Å². The van der Waals surface area contributed by atoms with Gasteiger partial charge in [0, 0.05) is 16.9 Å². The lowest BCUT2D eigenvalue weighted by Gasteiger charge is -2.11. The molecule has 0 aliphatic heterocycles. The van der Waals surface area contributed by atoms with Crippen molar-refractivity contribution < 1.29 is 14.0 Å². The maximum absolute atomic E-state index is 13.1. The van der Waals surface area contributed by atoms with Crippen LogP contribution in [0.1, 0.15) is 31.2 Å². The van der Waals surface area contributed by atoms with Gasteiger partial charge in [0.25, 0.3) is 0 Å². The zero-order valence-electron chi connectivity index (χ0n) is 11.6. The van der Waals surface area contributed by atoms with E-state index < -0.39 is 0 Å². The van der Waals surface area contributed by atoms with E-state index in [2.05, 4.69) is 26.6 Å². The topological polar surface area (TPSA) is 58.2 Å². The maximum atomic E-state index is 13.1. The lowest BCUT2D eigenvalue weighted by atomic mass is 10.1. The van der Waals surface area contributed by atoms with Crippen LogP contribution in [-0.4, -0.2) is 18.4 Å². The van der Waals surface area contributed by atoms with Crippen molar-refractivity contribution in [2.24, 2.45) is 5.92 Å². The molecule has 1 saturated carbocycles. The van der Waals surface area contributed by atoms with Crippen molar-refractivity contribution >= 4 is 27.7 Å². The molecular weight excluding hydrogens is 339 g/mol. The quantitative estimate of drug-likeness (QED) is 0.851. The minimum Gasteiger partial charge on any atom is -0.350 e. The first-order valence-corrected chi connectivity index (χ1v) is 7.84. The first kappa shape index (κ1) is 15.9. The van der Waals surface area contributed by atoms with Crippen LogP contribution in [0.3, 0.4) is 0 Å². The van der Waals surface area contributed by atoms with Crippen LogP contribution in [0.15, 0.2) is 22.7 Å². The molecule has 4 nitrogen and oxygen atoms in total. The van der Waals surface area contributed by atoms with Gasteiger partial charge in [0.2, 0.25) is 11.8 Å². The van der Waals surface area contributed by atoms with Gasteiger partial charge in [-0.25, -0.2) is 4.39 Å². The fourth-order valence-electron chi connectivity index (χ4n) is 2.43. The van der Waals surface area contributed by atoms with E-state index in [1.165, 1.54) is 12.1 Å². The van der Waals surface area contributed by atoms with Gasteiger partial charge in [-0.15, -0.1) is 0 Å². The Bertz CT molecular complexity index is 530. The average Bonchev–Trinajstić information content (AvgIpc) is 3.00. The summed E-state index contributed by atoms with van der Waals surface area (Å²) in [7, 11) is 0. The number of benzene rings is 1. The Kier molecular flexibility index (Phi) is 5.73. The van der Waals surface area contributed by atoms with E-state index in [1.807, 2.05) is 0 Å². The number of nitrogens with one attached hydrogen (secondary N) is 2. The van der Waals surface area contributed by atoms with E-state index in [0.29, 0.717) is 5.56 Å². The third-order valence-electron chi connectivity index (χ3n) is 3.63. The molecule has 0 spiro atoms. The van der Waals surface area contributed by atoms with Gasteiger partial charge in [-0.1, -0.05) is 28.8 Å². The normalized spacial score (nSPS) is 15.0. The predicted octanol–water partition coefficient (Wildman–Crippen LogP) is 2.51. The number of hydrogen-bond donors (Lipinski definition) is 2. The molecule has 1 fully saturated rings. The van der Waals surface area contributed by atoms with Crippen LogP contribution >= 0.6 is 15.9 Å². The van der Waals surface area contributed by atoms with Crippen LogP contribution in [-0.2, 0) is 16.1 Å². The summed E-state index contributed by atoms with van der Waals surface area (Å²) in [4.78, 5) is 23.5. The fraction of sp³-hybridized carbons (Fsp3) is 0.467. The number of halogens is 2. The van der Waals surface area contributed by atoms with Gasteiger partial charge in [-0.2, -0.15) is 0 Å². The molecular formula is C15H18BrFN2O2. The van der Waals surface area contributed by atoms with Crippen molar-refractivity contribution in [2.75, 3.05) is 6.54 Å². The van der Waals surface area contributed by atoms with E-state index >= 15 is 0 Å². The van der Waals surface area contributed by atoms with Crippen molar-refractivity contribution in [1.29, 1.82) is 0 Å². The monoisotopic (exact) mass is 356 g/mol. The molecule has 0 radical (unpaired) electrons. The molecule has 6 heteroatoms. The third kappa shape index (κ3) is 4.81. The Hall–Kier alpha value is -1.43. The molecule has 1 aromatic carbocycles. The predicted molar refractivity (Wildman–Crippen MR) is 80.9 cm³/mol. The van der Waals surface area contributed by atoms with Crippen molar-refractivity contribution in [2.45, 2.75) is 32.2 Å². The van der Waals surface area contributed by atoms with Crippen molar-refractivity contribution in [3.8, 4) is 0 Å². The third-order valence-corrected chi connectivity index (χ3v) is 4.41. The van der Waals surface area contributed by atoms with Crippen molar-refractivity contribution in [3.05, 3.63) is 34.1 Å². The summed E-state index contributed by atoms with van der Waals surface area (Å²) in [6.07, 6.45) is 3.98. The SMILES string of the molecule is O=C(CNC(=O)C1CCCC1)NCc1cc(F)ccc1Br. The van der Waals surface area contributed by atoms with Crippen LogP contribution in [0, 0.1) is 11.7 Å². The molecule has 1 aromatic rings. The Morgan fingerprint density at radius 1 is 1.24 bits per heavy atom. The summed E-state index contributed by atoms with van der Waals surface area (Å²) in [5.41, 5.74) is 0.658. The Morgan fingerprint density at radius 3 is 2.67 bits per heavy atom. The van der Waals surface area contributed by atoms with E-state index in [1.54, 1.807) is 6.07 Å².